The summed E-state index contributed by atoms with van der Waals surface area (Å²) in [5.41, 5.74) is 1.94. The maximum absolute atomic E-state index is 12.1. The molecular formula is C20H23NO3. The van der Waals surface area contributed by atoms with Crippen LogP contribution in [-0.4, -0.2) is 19.2 Å². The number of rotatable bonds is 8. The molecule has 0 aromatic heterocycles. The Kier molecular flexibility index (Phi) is 7.05. The summed E-state index contributed by atoms with van der Waals surface area (Å²) in [6, 6.07) is 19.1. The van der Waals surface area contributed by atoms with Gasteiger partial charge in [0.05, 0.1) is 6.04 Å². The quantitative estimate of drug-likeness (QED) is 0.738. The molecule has 0 radical (unpaired) electrons. The van der Waals surface area contributed by atoms with Crippen molar-refractivity contribution in [2.45, 2.75) is 25.2 Å². The number of carbonyl (C=O) groups is 1. The zero-order valence-corrected chi connectivity index (χ0v) is 13.9. The number of ether oxygens (including phenoxy) is 2. The van der Waals surface area contributed by atoms with Crippen molar-refractivity contribution in [1.29, 1.82) is 0 Å². The summed E-state index contributed by atoms with van der Waals surface area (Å²) in [6.45, 7) is 4.00. The molecule has 126 valence electrons. The molecule has 4 heteroatoms. The smallest absolute Gasteiger partial charge is 0.407 e. The number of alkyl carbamates (subject to hydrolysis) is 1. The average molecular weight is 325 g/mol. The van der Waals surface area contributed by atoms with E-state index in [0.29, 0.717) is 6.42 Å². The predicted octanol–water partition coefficient (Wildman–Crippen LogP) is 4.25. The molecule has 2 atom stereocenters. The van der Waals surface area contributed by atoms with E-state index in [1.54, 1.807) is 13.2 Å². The van der Waals surface area contributed by atoms with Crippen LogP contribution in [0.1, 0.15) is 23.7 Å². The standard InChI is InChI=1S/C20H23NO3/c1-3-10-18(19(23-2)17-13-8-5-9-14-17)21-20(22)24-15-16-11-6-4-7-12-16/h3-9,11-14,18-19H,1,10,15H2,2H3,(H,21,22)/t18-,19-/m1/s1. The van der Waals surface area contributed by atoms with Gasteiger partial charge in [-0.25, -0.2) is 4.79 Å². The van der Waals surface area contributed by atoms with Crippen molar-refractivity contribution in [3.8, 4) is 0 Å². The first-order valence-corrected chi connectivity index (χ1v) is 7.90. The van der Waals surface area contributed by atoms with Crippen molar-refractivity contribution >= 4 is 6.09 Å². The maximum atomic E-state index is 12.1. The fourth-order valence-electron chi connectivity index (χ4n) is 2.53. The van der Waals surface area contributed by atoms with Gasteiger partial charge in [0.2, 0.25) is 0 Å². The highest BCUT2D eigenvalue weighted by atomic mass is 16.5. The Hall–Kier alpha value is -2.59. The summed E-state index contributed by atoms with van der Waals surface area (Å²) in [7, 11) is 1.63. The second-order valence-electron chi connectivity index (χ2n) is 5.40. The summed E-state index contributed by atoms with van der Waals surface area (Å²) < 4.78 is 10.9. The van der Waals surface area contributed by atoms with Crippen LogP contribution >= 0.6 is 0 Å². The van der Waals surface area contributed by atoms with Crippen LogP contribution < -0.4 is 5.32 Å². The van der Waals surface area contributed by atoms with Gasteiger partial charge in [0, 0.05) is 7.11 Å². The second-order valence-corrected chi connectivity index (χ2v) is 5.40. The van der Waals surface area contributed by atoms with E-state index in [-0.39, 0.29) is 18.8 Å². The highest BCUT2D eigenvalue weighted by Gasteiger charge is 2.24. The molecular weight excluding hydrogens is 302 g/mol. The number of carbonyl (C=O) groups excluding carboxylic acids is 1. The Balaban J connectivity index is 1.98. The summed E-state index contributed by atoms with van der Waals surface area (Å²) in [5.74, 6) is 0. The maximum Gasteiger partial charge on any atom is 0.407 e. The van der Waals surface area contributed by atoms with Crippen LogP contribution in [0.3, 0.4) is 0 Å². The van der Waals surface area contributed by atoms with Crippen LogP contribution in [0.5, 0.6) is 0 Å². The third kappa shape index (κ3) is 5.25. The SMILES string of the molecule is C=CC[C@@H](NC(=O)OCc1ccccc1)[C@H](OC)c1ccccc1. The first-order chi connectivity index (χ1) is 11.7. The summed E-state index contributed by atoms with van der Waals surface area (Å²) >= 11 is 0. The van der Waals surface area contributed by atoms with Gasteiger partial charge in [0.25, 0.3) is 0 Å². The molecule has 0 bridgehead atoms. The number of hydrogen-bond donors (Lipinski definition) is 1. The van der Waals surface area contributed by atoms with Crippen molar-refractivity contribution in [3.05, 3.63) is 84.4 Å². The zero-order valence-electron chi connectivity index (χ0n) is 13.9. The van der Waals surface area contributed by atoms with Crippen molar-refractivity contribution in [1.82, 2.24) is 5.32 Å². The average Bonchev–Trinajstić information content (AvgIpc) is 2.62. The molecule has 0 aliphatic carbocycles. The molecule has 0 spiro atoms. The van der Waals surface area contributed by atoms with E-state index in [4.69, 9.17) is 9.47 Å². The Bertz CT molecular complexity index is 628. The minimum Gasteiger partial charge on any atom is -0.445 e. The molecule has 0 saturated carbocycles. The molecule has 0 aliphatic heterocycles. The Morgan fingerprint density at radius 2 is 1.75 bits per heavy atom. The number of hydrogen-bond acceptors (Lipinski definition) is 3. The lowest BCUT2D eigenvalue weighted by Gasteiger charge is -2.26. The van der Waals surface area contributed by atoms with Crippen molar-refractivity contribution in [2.24, 2.45) is 0 Å². The van der Waals surface area contributed by atoms with Crippen molar-refractivity contribution in [2.75, 3.05) is 7.11 Å². The number of nitrogens with one attached hydrogen (secondary N) is 1. The number of amides is 1. The minimum atomic E-state index is -0.469. The van der Waals surface area contributed by atoms with Gasteiger partial charge in [0.15, 0.2) is 0 Å². The van der Waals surface area contributed by atoms with E-state index in [2.05, 4.69) is 11.9 Å². The monoisotopic (exact) mass is 325 g/mol. The molecule has 0 aliphatic rings. The molecule has 2 rings (SSSR count). The Morgan fingerprint density at radius 1 is 1.12 bits per heavy atom. The van der Waals surface area contributed by atoms with Crippen LogP contribution in [0, 0.1) is 0 Å². The van der Waals surface area contributed by atoms with Gasteiger partial charge in [-0.3, -0.25) is 0 Å². The fourth-order valence-corrected chi connectivity index (χ4v) is 2.53. The molecule has 24 heavy (non-hydrogen) atoms. The van der Waals surface area contributed by atoms with Crippen LogP contribution in [0.25, 0.3) is 0 Å². The second kappa shape index (κ2) is 9.53. The number of benzene rings is 2. The predicted molar refractivity (Wildman–Crippen MR) is 94.6 cm³/mol. The Morgan fingerprint density at radius 3 is 2.33 bits per heavy atom. The largest absolute Gasteiger partial charge is 0.445 e. The number of methoxy groups -OCH3 is 1. The van der Waals surface area contributed by atoms with E-state index >= 15 is 0 Å². The van der Waals surface area contributed by atoms with Gasteiger partial charge in [0.1, 0.15) is 12.7 Å². The minimum absolute atomic E-state index is 0.233. The normalized spacial score (nSPS) is 12.9. The van der Waals surface area contributed by atoms with Gasteiger partial charge in [-0.15, -0.1) is 6.58 Å². The van der Waals surface area contributed by atoms with Gasteiger partial charge in [-0.05, 0) is 17.5 Å². The topological polar surface area (TPSA) is 47.6 Å². The molecule has 2 aromatic carbocycles. The molecule has 1 amide bonds. The van der Waals surface area contributed by atoms with Crippen LogP contribution in [0.2, 0.25) is 0 Å². The highest BCUT2D eigenvalue weighted by molar-refractivity contribution is 5.67. The van der Waals surface area contributed by atoms with Gasteiger partial charge in [-0.2, -0.15) is 0 Å². The van der Waals surface area contributed by atoms with Crippen molar-refractivity contribution < 1.29 is 14.3 Å². The molecule has 0 heterocycles. The summed E-state index contributed by atoms with van der Waals surface area (Å²) in [4.78, 5) is 12.1. The molecule has 2 aromatic rings. The molecule has 0 saturated heterocycles. The summed E-state index contributed by atoms with van der Waals surface area (Å²) in [5, 5.41) is 2.88. The lowest BCUT2D eigenvalue weighted by Crippen LogP contribution is -2.40. The first kappa shape index (κ1) is 17.8. The lowest BCUT2D eigenvalue weighted by atomic mass is 9.99. The van der Waals surface area contributed by atoms with E-state index in [1.165, 1.54) is 0 Å². The first-order valence-electron chi connectivity index (χ1n) is 7.90. The molecule has 0 unspecified atom stereocenters. The van der Waals surface area contributed by atoms with E-state index < -0.39 is 6.09 Å². The van der Waals surface area contributed by atoms with Crippen LogP contribution in [0.4, 0.5) is 4.79 Å². The van der Waals surface area contributed by atoms with E-state index in [1.807, 2.05) is 60.7 Å². The van der Waals surface area contributed by atoms with E-state index in [0.717, 1.165) is 11.1 Å². The van der Waals surface area contributed by atoms with Gasteiger partial charge < -0.3 is 14.8 Å². The zero-order chi connectivity index (χ0) is 17.2. The highest BCUT2D eigenvalue weighted by Crippen LogP contribution is 2.23. The fraction of sp³-hybridized carbons (Fsp3) is 0.250. The third-order valence-electron chi connectivity index (χ3n) is 3.68. The lowest BCUT2D eigenvalue weighted by molar-refractivity contribution is 0.0622. The van der Waals surface area contributed by atoms with Crippen LogP contribution in [0.15, 0.2) is 73.3 Å². The molecule has 0 fully saturated rings. The van der Waals surface area contributed by atoms with Gasteiger partial charge >= 0.3 is 6.09 Å². The summed E-state index contributed by atoms with van der Waals surface area (Å²) in [6.07, 6.45) is 1.60. The van der Waals surface area contributed by atoms with Crippen molar-refractivity contribution in [3.63, 3.8) is 0 Å². The van der Waals surface area contributed by atoms with Gasteiger partial charge in [-0.1, -0.05) is 66.7 Å². The molecule has 4 nitrogen and oxygen atoms in total. The molecule has 1 N–H and O–H groups in total. The third-order valence-corrected chi connectivity index (χ3v) is 3.68. The van der Waals surface area contributed by atoms with Crippen LogP contribution in [-0.2, 0) is 16.1 Å². The Labute approximate surface area is 143 Å². The van der Waals surface area contributed by atoms with E-state index in [9.17, 15) is 4.79 Å².